The summed E-state index contributed by atoms with van der Waals surface area (Å²) in [6, 6.07) is 0. The second kappa shape index (κ2) is 4.40. The van der Waals surface area contributed by atoms with Crippen LogP contribution in [0.4, 0.5) is 0 Å². The van der Waals surface area contributed by atoms with E-state index < -0.39 is 11.3 Å². The lowest BCUT2D eigenvalue weighted by molar-refractivity contribution is -1.04. The lowest BCUT2D eigenvalue weighted by Gasteiger charge is -2.35. The maximum atomic E-state index is 12.9. The number of hydroxylamine groups is 1. The summed E-state index contributed by atoms with van der Waals surface area (Å²) in [4.78, 5) is 1.42. The number of morpholine rings is 1. The number of rotatable bonds is 1. The summed E-state index contributed by atoms with van der Waals surface area (Å²) in [5, 5.41) is 39.3. The third-order valence-corrected chi connectivity index (χ3v) is 5.32. The molecule has 0 bridgehead atoms. The van der Waals surface area contributed by atoms with E-state index in [1.807, 2.05) is 6.92 Å². The molecule has 1 aromatic rings. The predicted octanol–water partition coefficient (Wildman–Crippen LogP) is -2.57. The molecule has 3 heterocycles. The number of hydrogen-bond donors (Lipinski definition) is 2. The van der Waals surface area contributed by atoms with Crippen LogP contribution in [0.25, 0.3) is 0 Å². The summed E-state index contributed by atoms with van der Waals surface area (Å²) in [7, 11) is 0. The largest absolute Gasteiger partial charge is 0.619 e. The normalized spacial score (nSPS) is 35.5. The summed E-state index contributed by atoms with van der Waals surface area (Å²) >= 11 is 0. The summed E-state index contributed by atoms with van der Waals surface area (Å²) in [5.41, 5.74) is -1.39. The van der Waals surface area contributed by atoms with Gasteiger partial charge in [0.05, 0.1) is 20.1 Å². The van der Waals surface area contributed by atoms with Gasteiger partial charge in [-0.25, -0.2) is 0 Å². The van der Waals surface area contributed by atoms with Crippen molar-refractivity contribution in [3.8, 4) is 0 Å². The van der Waals surface area contributed by atoms with Gasteiger partial charge >= 0.3 is 0 Å². The standard InChI is InChI=1S/C13H18N4O5/c1-12(15-4-6-21-7-5-15)8-13(18)10(16(12)19)3-2-9-11(13)14-22-17(9)20/h18H,2-8H2,1H3/p+1/t12-,13+/m0/s1. The van der Waals surface area contributed by atoms with Crippen molar-refractivity contribution in [2.24, 2.45) is 0 Å². The van der Waals surface area contributed by atoms with Gasteiger partial charge < -0.3 is 20.3 Å². The molecule has 9 nitrogen and oxygen atoms in total. The van der Waals surface area contributed by atoms with Crippen LogP contribution in [0.5, 0.6) is 0 Å². The van der Waals surface area contributed by atoms with Crippen LogP contribution in [-0.4, -0.2) is 52.7 Å². The number of nitrogens with zero attached hydrogens (tertiary/aromatic N) is 3. The zero-order chi connectivity index (χ0) is 15.5. The molecule has 1 saturated heterocycles. The van der Waals surface area contributed by atoms with E-state index in [9.17, 15) is 15.5 Å². The Balaban J connectivity index is 1.78. The van der Waals surface area contributed by atoms with Gasteiger partial charge in [0.25, 0.3) is 11.4 Å². The fraction of sp³-hybridized carbons (Fsp3) is 0.769. The Morgan fingerprint density at radius 3 is 2.73 bits per heavy atom. The molecule has 0 amide bonds. The third kappa shape index (κ3) is 1.61. The predicted molar refractivity (Wildman–Crippen MR) is 70.9 cm³/mol. The molecule has 9 heteroatoms. The van der Waals surface area contributed by atoms with Crippen molar-refractivity contribution in [1.29, 1.82) is 0 Å². The van der Waals surface area contributed by atoms with Crippen LogP contribution in [0, 0.1) is 10.4 Å². The number of hydrogen-bond acceptors (Lipinski definition) is 6. The zero-order valence-electron chi connectivity index (χ0n) is 12.4. The molecule has 1 aliphatic carbocycles. The molecule has 0 spiro atoms. The lowest BCUT2D eigenvalue weighted by atomic mass is 9.81. The minimum Gasteiger partial charge on any atom is -0.619 e. The van der Waals surface area contributed by atoms with Gasteiger partial charge in [0.15, 0.2) is 0 Å². The second-order valence-corrected chi connectivity index (χ2v) is 6.49. The van der Waals surface area contributed by atoms with Crippen molar-refractivity contribution in [1.82, 2.24) is 5.16 Å². The van der Waals surface area contributed by atoms with Crippen molar-refractivity contribution in [2.75, 3.05) is 26.3 Å². The Kier molecular flexibility index (Phi) is 2.78. The van der Waals surface area contributed by atoms with E-state index in [4.69, 9.17) is 4.74 Å². The highest BCUT2D eigenvalue weighted by molar-refractivity contribution is 5.92. The summed E-state index contributed by atoms with van der Waals surface area (Å²) in [5.74, 6) is 0. The highest BCUT2D eigenvalue weighted by atomic mass is 16.8. The summed E-state index contributed by atoms with van der Waals surface area (Å²) in [6.45, 7) is 4.48. The van der Waals surface area contributed by atoms with Crippen LogP contribution in [-0.2, 0) is 16.8 Å². The smallest absolute Gasteiger partial charge is 0.298 e. The minimum absolute atomic E-state index is 0.195. The molecular weight excluding hydrogens is 292 g/mol. The maximum absolute atomic E-state index is 12.9. The Labute approximate surface area is 126 Å². The number of fused-ring (bicyclic) bond motifs is 3. The molecular formula is C13H19N4O5+. The van der Waals surface area contributed by atoms with Crippen molar-refractivity contribution in [3.63, 3.8) is 0 Å². The van der Waals surface area contributed by atoms with Crippen LogP contribution < -0.4 is 9.80 Å². The number of quaternary nitrogens is 1. The van der Waals surface area contributed by atoms with Crippen LogP contribution in [0.3, 0.4) is 0 Å². The van der Waals surface area contributed by atoms with Crippen LogP contribution in [0.15, 0.2) is 4.63 Å². The first-order valence-corrected chi connectivity index (χ1v) is 7.55. The van der Waals surface area contributed by atoms with Crippen LogP contribution >= 0.6 is 0 Å². The second-order valence-electron chi connectivity index (χ2n) is 6.49. The maximum Gasteiger partial charge on any atom is 0.298 e. The SMILES string of the molecule is C[C@@]1([NH+]2CCOCC2)C[C@@]2(O)C(=[N+]1[O-])CCc1c2no[n+]1[O-]. The van der Waals surface area contributed by atoms with E-state index in [1.54, 1.807) is 0 Å². The fourth-order valence-electron chi connectivity index (χ4n) is 4.12. The first-order chi connectivity index (χ1) is 10.5. The number of aromatic nitrogens is 2. The highest BCUT2D eigenvalue weighted by Crippen LogP contribution is 2.41. The van der Waals surface area contributed by atoms with E-state index in [0.717, 1.165) is 9.64 Å². The van der Waals surface area contributed by atoms with E-state index in [1.165, 1.54) is 0 Å². The highest BCUT2D eigenvalue weighted by Gasteiger charge is 2.67. The van der Waals surface area contributed by atoms with E-state index in [-0.39, 0.29) is 12.1 Å². The van der Waals surface area contributed by atoms with Gasteiger partial charge in [-0.2, -0.15) is 4.74 Å². The first kappa shape index (κ1) is 13.9. The van der Waals surface area contributed by atoms with Crippen LogP contribution in [0.1, 0.15) is 31.2 Å². The molecule has 2 N–H and O–H groups in total. The molecule has 0 unspecified atom stereocenters. The minimum atomic E-state index is -1.51. The quantitative estimate of drug-likeness (QED) is 0.435. The molecule has 120 valence electrons. The Morgan fingerprint density at radius 2 is 2.00 bits per heavy atom. The molecule has 4 rings (SSSR count). The van der Waals surface area contributed by atoms with E-state index >= 15 is 0 Å². The average molecular weight is 311 g/mol. The molecule has 1 aromatic heterocycles. The van der Waals surface area contributed by atoms with Gasteiger partial charge in [-0.05, 0) is 4.90 Å². The van der Waals surface area contributed by atoms with Crippen LogP contribution in [0.2, 0.25) is 0 Å². The van der Waals surface area contributed by atoms with Gasteiger partial charge in [-0.1, -0.05) is 0 Å². The molecule has 0 aromatic carbocycles. The number of aliphatic hydroxyl groups is 1. The van der Waals surface area contributed by atoms with E-state index in [2.05, 4.69) is 9.79 Å². The zero-order valence-corrected chi connectivity index (χ0v) is 12.4. The van der Waals surface area contributed by atoms with Gasteiger partial charge in [-0.3, -0.25) is 9.53 Å². The Bertz CT molecular complexity index is 653. The topological polar surface area (TPSA) is 113 Å². The molecule has 0 radical (unpaired) electrons. The monoisotopic (exact) mass is 311 g/mol. The Morgan fingerprint density at radius 1 is 1.27 bits per heavy atom. The van der Waals surface area contributed by atoms with Gasteiger partial charge in [0.1, 0.15) is 19.5 Å². The van der Waals surface area contributed by atoms with Gasteiger partial charge in [0.2, 0.25) is 17.0 Å². The lowest BCUT2D eigenvalue weighted by Crippen LogP contribution is -3.22. The van der Waals surface area contributed by atoms with Crippen molar-refractivity contribution < 1.29 is 29.0 Å². The molecule has 3 aliphatic rings. The fourth-order valence-corrected chi connectivity index (χ4v) is 4.12. The van der Waals surface area contributed by atoms with Crippen molar-refractivity contribution >= 4 is 5.71 Å². The van der Waals surface area contributed by atoms with Crippen molar-refractivity contribution in [3.05, 3.63) is 21.8 Å². The molecule has 0 saturated carbocycles. The third-order valence-electron chi connectivity index (χ3n) is 5.32. The average Bonchev–Trinajstić information content (AvgIpc) is 2.99. The molecule has 1 fully saturated rings. The van der Waals surface area contributed by atoms with E-state index in [0.29, 0.717) is 55.5 Å². The van der Waals surface area contributed by atoms with Gasteiger partial charge in [0, 0.05) is 18.0 Å². The summed E-state index contributed by atoms with van der Waals surface area (Å²) in [6.07, 6.45) is 0.900. The van der Waals surface area contributed by atoms with Crippen molar-refractivity contribution in [2.45, 2.75) is 37.5 Å². The first-order valence-electron chi connectivity index (χ1n) is 7.55. The number of nitrogens with one attached hydrogen (secondary N) is 1. The Hall–Kier alpha value is -1.71. The van der Waals surface area contributed by atoms with Gasteiger partial charge in [-0.15, -0.1) is 0 Å². The molecule has 2 aliphatic heterocycles. The molecule has 22 heavy (non-hydrogen) atoms. The molecule has 2 atom stereocenters. The summed E-state index contributed by atoms with van der Waals surface area (Å²) < 4.78 is 10.9. The number of ether oxygens (including phenoxy) is 1.